The molecule has 0 saturated heterocycles. The predicted molar refractivity (Wildman–Crippen MR) is 102 cm³/mol. The van der Waals surface area contributed by atoms with Gasteiger partial charge in [0.25, 0.3) is 0 Å². The summed E-state index contributed by atoms with van der Waals surface area (Å²) in [5, 5.41) is 12.6. The molecule has 0 amide bonds. The largest absolute Gasteiger partial charge is 0.496 e. The lowest BCUT2D eigenvalue weighted by atomic mass is 9.93. The first-order chi connectivity index (χ1) is 14.1. The van der Waals surface area contributed by atoms with Gasteiger partial charge in [0.15, 0.2) is 11.6 Å². The van der Waals surface area contributed by atoms with E-state index in [2.05, 4.69) is 15.3 Å². The van der Waals surface area contributed by atoms with Crippen LogP contribution in [0.25, 0.3) is 0 Å². The number of hydrogen-bond donors (Lipinski definition) is 3. The lowest BCUT2D eigenvalue weighted by Crippen LogP contribution is -2.45. The Morgan fingerprint density at radius 1 is 1.28 bits per heavy atom. The number of nitrogens with zero attached hydrogens (tertiary/aromatic N) is 1. The number of benzene rings is 2. The number of carbonyl (C=O) groups is 1. The number of aliphatic carboxylic acids is 1. The molecule has 4 rings (SSSR count). The Kier molecular flexibility index (Phi) is 5.18. The van der Waals surface area contributed by atoms with Gasteiger partial charge in [-0.25, -0.2) is 9.37 Å². The molecule has 1 aromatic heterocycles. The normalized spacial score (nSPS) is 18.1. The van der Waals surface area contributed by atoms with Crippen molar-refractivity contribution < 1.29 is 23.8 Å². The van der Waals surface area contributed by atoms with Crippen molar-refractivity contribution in [2.24, 2.45) is 0 Å². The van der Waals surface area contributed by atoms with Gasteiger partial charge in [-0.05, 0) is 29.8 Å². The Morgan fingerprint density at radius 3 is 2.86 bits per heavy atom. The van der Waals surface area contributed by atoms with E-state index in [9.17, 15) is 14.3 Å². The van der Waals surface area contributed by atoms with Crippen LogP contribution in [0.2, 0.25) is 0 Å². The van der Waals surface area contributed by atoms with Crippen LogP contribution >= 0.6 is 0 Å². The minimum atomic E-state index is -0.924. The van der Waals surface area contributed by atoms with Gasteiger partial charge in [0, 0.05) is 17.7 Å². The number of methoxy groups -OCH3 is 1. The second kappa shape index (κ2) is 7.92. The number of nitrogens with one attached hydrogen (secondary N) is 2. The van der Waals surface area contributed by atoms with Crippen molar-refractivity contribution in [2.75, 3.05) is 7.11 Å². The molecule has 0 aliphatic carbocycles. The van der Waals surface area contributed by atoms with E-state index in [1.54, 1.807) is 37.7 Å². The van der Waals surface area contributed by atoms with Crippen molar-refractivity contribution in [2.45, 2.75) is 25.1 Å². The van der Waals surface area contributed by atoms with Crippen LogP contribution in [-0.2, 0) is 17.8 Å². The molecular formula is C21H20FN3O4. The van der Waals surface area contributed by atoms with Gasteiger partial charge in [-0.2, -0.15) is 0 Å². The van der Waals surface area contributed by atoms with Crippen LogP contribution in [0.4, 0.5) is 4.39 Å². The standard InChI is InChI=1S/C21H20FN3O4/c1-28-17-7-6-12(8-13(17)10-29-18-5-3-2-4-14(18)22)19-20-15(23-11-24-20)9-16(25-19)21(26)27/h2-8,11,16,19,25H,9-10H2,1H3,(H,23,24)(H,26,27)/t16-,19+/m0/s1. The van der Waals surface area contributed by atoms with Crippen molar-refractivity contribution in [3.8, 4) is 11.5 Å². The number of aromatic amines is 1. The third-order valence-electron chi connectivity index (χ3n) is 4.96. The molecule has 3 aromatic rings. The molecule has 0 bridgehead atoms. The van der Waals surface area contributed by atoms with Crippen LogP contribution in [0, 0.1) is 5.82 Å². The summed E-state index contributed by atoms with van der Waals surface area (Å²) in [5.74, 6) is -0.622. The molecule has 2 heterocycles. The van der Waals surface area contributed by atoms with E-state index in [1.165, 1.54) is 6.07 Å². The van der Waals surface area contributed by atoms with E-state index in [-0.39, 0.29) is 12.4 Å². The first-order valence-corrected chi connectivity index (χ1v) is 9.12. The highest BCUT2D eigenvalue weighted by Gasteiger charge is 2.33. The zero-order valence-electron chi connectivity index (χ0n) is 15.7. The number of imidazole rings is 1. The topological polar surface area (TPSA) is 96.5 Å². The first-order valence-electron chi connectivity index (χ1n) is 9.12. The number of carboxylic acid groups (broad SMARTS) is 1. The van der Waals surface area contributed by atoms with E-state index < -0.39 is 23.9 Å². The molecule has 1 aliphatic heterocycles. The molecule has 2 atom stereocenters. The number of para-hydroxylation sites is 1. The van der Waals surface area contributed by atoms with Crippen LogP contribution < -0.4 is 14.8 Å². The number of fused-ring (bicyclic) bond motifs is 1. The van der Waals surface area contributed by atoms with Gasteiger partial charge >= 0.3 is 5.97 Å². The van der Waals surface area contributed by atoms with Crippen LogP contribution in [0.5, 0.6) is 11.5 Å². The number of H-pyrrole nitrogens is 1. The fraction of sp³-hybridized carbons (Fsp3) is 0.238. The van der Waals surface area contributed by atoms with Gasteiger partial charge in [0.05, 0.1) is 25.2 Å². The summed E-state index contributed by atoms with van der Waals surface area (Å²) in [4.78, 5) is 18.9. The molecule has 3 N–H and O–H groups in total. The maximum Gasteiger partial charge on any atom is 0.321 e. The third kappa shape index (κ3) is 3.79. The second-order valence-corrected chi connectivity index (χ2v) is 6.75. The van der Waals surface area contributed by atoms with Crippen molar-refractivity contribution in [1.29, 1.82) is 0 Å². The lowest BCUT2D eigenvalue weighted by molar-refractivity contribution is -0.139. The number of aromatic nitrogens is 2. The highest BCUT2D eigenvalue weighted by molar-refractivity contribution is 5.74. The molecule has 150 valence electrons. The number of halogens is 1. The van der Waals surface area contributed by atoms with Crippen LogP contribution in [0.1, 0.15) is 28.6 Å². The third-order valence-corrected chi connectivity index (χ3v) is 4.96. The number of carboxylic acids is 1. The maximum absolute atomic E-state index is 13.9. The maximum atomic E-state index is 13.9. The molecule has 0 fully saturated rings. The smallest absolute Gasteiger partial charge is 0.321 e. The van der Waals surface area contributed by atoms with Gasteiger partial charge in [-0.3, -0.25) is 10.1 Å². The van der Waals surface area contributed by atoms with Crippen molar-refractivity contribution in [3.05, 3.63) is 77.1 Å². The number of rotatable bonds is 6. The number of ether oxygens (including phenoxy) is 2. The highest BCUT2D eigenvalue weighted by atomic mass is 19.1. The van der Waals surface area contributed by atoms with E-state index >= 15 is 0 Å². The van der Waals surface area contributed by atoms with Crippen LogP contribution in [0.15, 0.2) is 48.8 Å². The summed E-state index contributed by atoms with van der Waals surface area (Å²) in [6.45, 7) is 0.0977. The summed E-state index contributed by atoms with van der Waals surface area (Å²) in [5.41, 5.74) is 3.08. The van der Waals surface area contributed by atoms with Gasteiger partial charge in [-0.1, -0.05) is 18.2 Å². The quantitative estimate of drug-likeness (QED) is 0.592. The molecule has 1 aliphatic rings. The fourth-order valence-corrected chi connectivity index (χ4v) is 3.51. The lowest BCUT2D eigenvalue weighted by Gasteiger charge is -2.28. The molecule has 2 aromatic carbocycles. The van der Waals surface area contributed by atoms with Crippen LogP contribution in [0.3, 0.4) is 0 Å². The zero-order valence-corrected chi connectivity index (χ0v) is 15.7. The van der Waals surface area contributed by atoms with E-state index in [4.69, 9.17) is 9.47 Å². The summed E-state index contributed by atoms with van der Waals surface area (Å²) in [7, 11) is 1.55. The van der Waals surface area contributed by atoms with Crippen molar-refractivity contribution in [3.63, 3.8) is 0 Å². The zero-order chi connectivity index (χ0) is 20.4. The summed E-state index contributed by atoms with van der Waals surface area (Å²) >= 11 is 0. The molecule has 29 heavy (non-hydrogen) atoms. The SMILES string of the molecule is COc1ccc([C@H]2N[C@H](C(=O)O)Cc3[nH]cnc32)cc1COc1ccccc1F. The van der Waals surface area contributed by atoms with Crippen molar-refractivity contribution in [1.82, 2.24) is 15.3 Å². The Bertz CT molecular complexity index is 1040. The second-order valence-electron chi connectivity index (χ2n) is 6.75. The first kappa shape index (κ1) is 18.9. The Hall–Kier alpha value is -3.39. The van der Waals surface area contributed by atoms with Gasteiger partial charge in [0.2, 0.25) is 0 Å². The monoisotopic (exact) mass is 397 g/mol. The van der Waals surface area contributed by atoms with Gasteiger partial charge < -0.3 is 19.6 Å². The minimum Gasteiger partial charge on any atom is -0.496 e. The van der Waals surface area contributed by atoms with Crippen LogP contribution in [-0.4, -0.2) is 34.2 Å². The van der Waals surface area contributed by atoms with E-state index in [1.807, 2.05) is 12.1 Å². The van der Waals surface area contributed by atoms with Gasteiger partial charge in [0.1, 0.15) is 18.4 Å². The Morgan fingerprint density at radius 2 is 2.10 bits per heavy atom. The molecule has 0 unspecified atom stereocenters. The van der Waals surface area contributed by atoms with E-state index in [0.717, 1.165) is 17.0 Å². The minimum absolute atomic E-state index is 0.0977. The molecule has 8 heteroatoms. The molecule has 0 saturated carbocycles. The molecule has 0 radical (unpaired) electrons. The molecule has 7 nitrogen and oxygen atoms in total. The highest BCUT2D eigenvalue weighted by Crippen LogP contribution is 2.32. The fourth-order valence-electron chi connectivity index (χ4n) is 3.51. The average Bonchev–Trinajstić information content (AvgIpc) is 3.21. The summed E-state index contributed by atoms with van der Waals surface area (Å²) in [6, 6.07) is 10.6. The van der Waals surface area contributed by atoms with Crippen molar-refractivity contribution >= 4 is 5.97 Å². The summed E-state index contributed by atoms with van der Waals surface area (Å²) in [6.07, 6.45) is 1.90. The summed E-state index contributed by atoms with van der Waals surface area (Å²) < 4.78 is 24.9. The predicted octanol–water partition coefficient (Wildman–Crippen LogP) is 2.82. The number of hydrogen-bond acceptors (Lipinski definition) is 5. The average molecular weight is 397 g/mol. The Labute approximate surface area is 166 Å². The molecule has 0 spiro atoms. The Balaban J connectivity index is 1.64. The van der Waals surface area contributed by atoms with E-state index in [0.29, 0.717) is 17.7 Å². The van der Waals surface area contributed by atoms with Gasteiger partial charge in [-0.15, -0.1) is 0 Å². The molecular weight excluding hydrogens is 377 g/mol.